The lowest BCUT2D eigenvalue weighted by Gasteiger charge is -2.29. The highest BCUT2D eigenvalue weighted by molar-refractivity contribution is 5.76. The van der Waals surface area contributed by atoms with Crippen molar-refractivity contribution in [2.75, 3.05) is 6.54 Å². The van der Waals surface area contributed by atoms with Gasteiger partial charge in [-0.05, 0) is 31.2 Å². The Morgan fingerprint density at radius 1 is 1.33 bits per heavy atom. The molecule has 128 valence electrons. The van der Waals surface area contributed by atoms with Crippen LogP contribution in [-0.4, -0.2) is 41.8 Å². The maximum atomic E-state index is 12.5. The standard InChI is InChI=1S/C17H23N5O2/c23-16(11-20-8-5-18-12-20)21-6-2-7-22-14(10-21)9-15(19-22)17(24)13-3-1-4-13/h5,8-9,12-13,17,24H,1-4,6-7,10-11H2/t17-/m1/s1. The monoisotopic (exact) mass is 329 g/mol. The van der Waals surface area contributed by atoms with Crippen molar-refractivity contribution in [3.05, 3.63) is 36.2 Å². The van der Waals surface area contributed by atoms with E-state index in [0.717, 1.165) is 43.7 Å². The average Bonchev–Trinajstić information content (AvgIpc) is 3.11. The zero-order valence-electron chi connectivity index (χ0n) is 13.7. The summed E-state index contributed by atoms with van der Waals surface area (Å²) in [4.78, 5) is 18.4. The molecule has 1 saturated carbocycles. The Labute approximate surface area is 140 Å². The van der Waals surface area contributed by atoms with Gasteiger partial charge in [0.25, 0.3) is 0 Å². The number of aryl methyl sites for hydroxylation is 1. The molecule has 3 heterocycles. The smallest absolute Gasteiger partial charge is 0.242 e. The Kier molecular flexibility index (Phi) is 4.10. The summed E-state index contributed by atoms with van der Waals surface area (Å²) in [5.74, 6) is 0.437. The van der Waals surface area contributed by atoms with Crippen LogP contribution in [0.3, 0.4) is 0 Å². The van der Waals surface area contributed by atoms with Crippen molar-refractivity contribution in [2.24, 2.45) is 5.92 Å². The fraction of sp³-hybridized carbons (Fsp3) is 0.588. The Balaban J connectivity index is 1.47. The lowest BCUT2D eigenvalue weighted by Crippen LogP contribution is -2.33. The van der Waals surface area contributed by atoms with Crippen LogP contribution in [0.2, 0.25) is 0 Å². The minimum atomic E-state index is -0.465. The second-order valence-electron chi connectivity index (χ2n) is 6.82. The van der Waals surface area contributed by atoms with E-state index in [0.29, 0.717) is 19.0 Å². The van der Waals surface area contributed by atoms with Gasteiger partial charge in [-0.3, -0.25) is 9.48 Å². The Hall–Kier alpha value is -2.15. The summed E-state index contributed by atoms with van der Waals surface area (Å²) in [5.41, 5.74) is 1.78. The Bertz CT molecular complexity index is 705. The molecule has 7 heteroatoms. The molecule has 0 aromatic carbocycles. The fourth-order valence-electron chi connectivity index (χ4n) is 3.48. The van der Waals surface area contributed by atoms with Crippen LogP contribution in [0.25, 0.3) is 0 Å². The van der Waals surface area contributed by atoms with Gasteiger partial charge in [0, 0.05) is 25.5 Å². The van der Waals surface area contributed by atoms with Gasteiger partial charge in [0.15, 0.2) is 0 Å². The van der Waals surface area contributed by atoms with Crippen molar-refractivity contribution in [1.29, 1.82) is 0 Å². The normalized spacial score (nSPS) is 19.5. The fourth-order valence-corrected chi connectivity index (χ4v) is 3.48. The van der Waals surface area contributed by atoms with Gasteiger partial charge in [0.05, 0.1) is 24.3 Å². The molecule has 1 fully saturated rings. The minimum Gasteiger partial charge on any atom is -0.386 e. The third kappa shape index (κ3) is 2.96. The molecular weight excluding hydrogens is 306 g/mol. The molecule has 7 nitrogen and oxygen atoms in total. The molecule has 1 amide bonds. The first-order valence-corrected chi connectivity index (χ1v) is 8.69. The second kappa shape index (κ2) is 6.39. The van der Waals surface area contributed by atoms with E-state index in [1.807, 2.05) is 15.6 Å². The highest BCUT2D eigenvalue weighted by Crippen LogP contribution is 2.37. The van der Waals surface area contributed by atoms with Crippen molar-refractivity contribution in [2.45, 2.75) is 51.4 Å². The summed E-state index contributed by atoms with van der Waals surface area (Å²) in [5, 5.41) is 15.0. The molecule has 1 N–H and O–H groups in total. The van der Waals surface area contributed by atoms with Gasteiger partial charge < -0.3 is 14.6 Å². The van der Waals surface area contributed by atoms with Crippen LogP contribution in [0.1, 0.15) is 43.2 Å². The third-order valence-corrected chi connectivity index (χ3v) is 5.16. The molecule has 1 aliphatic carbocycles. The third-order valence-electron chi connectivity index (χ3n) is 5.16. The number of aliphatic hydroxyl groups is 1. The Morgan fingerprint density at radius 2 is 2.21 bits per heavy atom. The summed E-state index contributed by atoms with van der Waals surface area (Å²) in [6, 6.07) is 1.98. The molecule has 0 unspecified atom stereocenters. The summed E-state index contributed by atoms with van der Waals surface area (Å²) >= 11 is 0. The molecule has 0 bridgehead atoms. The van der Waals surface area contributed by atoms with Crippen molar-refractivity contribution < 1.29 is 9.90 Å². The maximum Gasteiger partial charge on any atom is 0.242 e. The summed E-state index contributed by atoms with van der Waals surface area (Å²) in [6.45, 7) is 2.39. The maximum absolute atomic E-state index is 12.5. The lowest BCUT2D eigenvalue weighted by molar-refractivity contribution is -0.132. The molecule has 4 rings (SSSR count). The van der Waals surface area contributed by atoms with E-state index in [1.165, 1.54) is 6.42 Å². The molecule has 1 atom stereocenters. The van der Waals surface area contributed by atoms with Crippen molar-refractivity contribution in [3.8, 4) is 0 Å². The quantitative estimate of drug-likeness (QED) is 0.918. The molecule has 2 aromatic rings. The molecule has 0 radical (unpaired) electrons. The van der Waals surface area contributed by atoms with Gasteiger partial charge in [-0.1, -0.05) is 6.42 Å². The highest BCUT2D eigenvalue weighted by Gasteiger charge is 2.30. The minimum absolute atomic E-state index is 0.0868. The average molecular weight is 329 g/mol. The molecule has 2 aliphatic rings. The van der Waals surface area contributed by atoms with Gasteiger partial charge in [-0.2, -0.15) is 5.10 Å². The molecule has 0 saturated heterocycles. The van der Waals surface area contributed by atoms with Crippen LogP contribution in [0.5, 0.6) is 0 Å². The first-order chi connectivity index (χ1) is 11.7. The number of carbonyl (C=O) groups excluding carboxylic acids is 1. The number of imidazole rings is 1. The van der Waals surface area contributed by atoms with E-state index in [1.54, 1.807) is 23.3 Å². The van der Waals surface area contributed by atoms with Crippen LogP contribution in [0.4, 0.5) is 0 Å². The van der Waals surface area contributed by atoms with E-state index in [-0.39, 0.29) is 5.91 Å². The highest BCUT2D eigenvalue weighted by atomic mass is 16.3. The first kappa shape index (κ1) is 15.4. The number of rotatable bonds is 4. The molecule has 24 heavy (non-hydrogen) atoms. The van der Waals surface area contributed by atoms with Gasteiger partial charge in [0.2, 0.25) is 5.91 Å². The van der Waals surface area contributed by atoms with Gasteiger partial charge in [0.1, 0.15) is 12.6 Å². The number of fused-ring (bicyclic) bond motifs is 1. The first-order valence-electron chi connectivity index (χ1n) is 8.69. The van der Waals surface area contributed by atoms with Crippen molar-refractivity contribution >= 4 is 5.91 Å². The largest absolute Gasteiger partial charge is 0.386 e. The number of hydrogen-bond acceptors (Lipinski definition) is 4. The molecular formula is C17H23N5O2. The number of amides is 1. The van der Waals surface area contributed by atoms with Crippen molar-refractivity contribution in [3.63, 3.8) is 0 Å². The number of hydrogen-bond donors (Lipinski definition) is 1. The van der Waals surface area contributed by atoms with Gasteiger partial charge in [-0.15, -0.1) is 0 Å². The lowest BCUT2D eigenvalue weighted by atomic mass is 9.80. The van der Waals surface area contributed by atoms with E-state index in [9.17, 15) is 9.90 Å². The number of aliphatic hydroxyl groups excluding tert-OH is 1. The number of carbonyl (C=O) groups is 1. The predicted octanol–water partition coefficient (Wildman–Crippen LogP) is 1.35. The van der Waals surface area contributed by atoms with Crippen LogP contribution < -0.4 is 0 Å². The van der Waals surface area contributed by atoms with E-state index >= 15 is 0 Å². The predicted molar refractivity (Wildman–Crippen MR) is 86.8 cm³/mol. The van der Waals surface area contributed by atoms with Crippen molar-refractivity contribution in [1.82, 2.24) is 24.2 Å². The SMILES string of the molecule is O=C(Cn1ccnc1)N1CCCn2nc([C@H](O)C3CCC3)cc2C1. The molecule has 1 aliphatic heterocycles. The van der Waals surface area contributed by atoms with Crippen LogP contribution >= 0.6 is 0 Å². The Morgan fingerprint density at radius 3 is 2.92 bits per heavy atom. The van der Waals surface area contributed by atoms with Crippen LogP contribution in [0, 0.1) is 5.92 Å². The number of aromatic nitrogens is 4. The zero-order valence-corrected chi connectivity index (χ0v) is 13.7. The van der Waals surface area contributed by atoms with E-state index in [4.69, 9.17) is 0 Å². The van der Waals surface area contributed by atoms with Crippen LogP contribution in [-0.2, 0) is 24.4 Å². The molecule has 0 spiro atoms. The second-order valence-corrected chi connectivity index (χ2v) is 6.82. The number of nitrogens with zero attached hydrogens (tertiary/aromatic N) is 5. The summed E-state index contributed by atoms with van der Waals surface area (Å²) < 4.78 is 3.75. The van der Waals surface area contributed by atoms with Gasteiger partial charge >= 0.3 is 0 Å². The van der Waals surface area contributed by atoms with Gasteiger partial charge in [-0.25, -0.2) is 4.98 Å². The summed E-state index contributed by atoms with van der Waals surface area (Å²) in [6.07, 6.45) is 8.92. The van der Waals surface area contributed by atoms with E-state index in [2.05, 4.69) is 10.1 Å². The zero-order chi connectivity index (χ0) is 16.5. The van der Waals surface area contributed by atoms with Crippen LogP contribution in [0.15, 0.2) is 24.8 Å². The van der Waals surface area contributed by atoms with E-state index < -0.39 is 6.10 Å². The topological polar surface area (TPSA) is 76.2 Å². The molecule has 2 aromatic heterocycles. The summed E-state index contributed by atoms with van der Waals surface area (Å²) in [7, 11) is 0.